The lowest BCUT2D eigenvalue weighted by molar-refractivity contribution is 0.240. The van der Waals surface area contributed by atoms with Gasteiger partial charge in [-0.15, -0.1) is 0 Å². The van der Waals surface area contributed by atoms with Crippen LogP contribution in [0.3, 0.4) is 0 Å². The van der Waals surface area contributed by atoms with E-state index in [4.69, 9.17) is 11.6 Å². The van der Waals surface area contributed by atoms with Crippen molar-refractivity contribution < 1.29 is 5.11 Å². The van der Waals surface area contributed by atoms with E-state index in [1.807, 2.05) is 18.6 Å². The fraction of sp³-hybridized carbons (Fsp3) is 0.438. The van der Waals surface area contributed by atoms with Crippen molar-refractivity contribution in [2.24, 2.45) is 5.41 Å². The lowest BCUT2D eigenvalue weighted by Gasteiger charge is -2.32. The fourth-order valence-electron chi connectivity index (χ4n) is 2.15. The molecule has 0 spiro atoms. The Morgan fingerprint density at radius 1 is 1.38 bits per heavy atom. The van der Waals surface area contributed by atoms with Crippen molar-refractivity contribution in [3.63, 3.8) is 0 Å². The summed E-state index contributed by atoms with van der Waals surface area (Å²) in [5.41, 5.74) is 1.17. The molecule has 2 N–H and O–H groups in total. The number of aromatic hydroxyl groups is 1. The molecule has 0 radical (unpaired) electrons. The van der Waals surface area contributed by atoms with Crippen LogP contribution in [0.2, 0.25) is 5.02 Å². The molecule has 0 aliphatic rings. The number of rotatable bonds is 5. The van der Waals surface area contributed by atoms with Gasteiger partial charge in [-0.05, 0) is 23.1 Å². The molecule has 1 heterocycles. The van der Waals surface area contributed by atoms with E-state index in [2.05, 4.69) is 35.6 Å². The second kappa shape index (κ2) is 6.50. The van der Waals surface area contributed by atoms with Crippen molar-refractivity contribution in [1.29, 1.82) is 0 Å². The summed E-state index contributed by atoms with van der Waals surface area (Å²) in [7, 11) is 0. The summed E-state index contributed by atoms with van der Waals surface area (Å²) < 4.78 is 2.08. The Bertz CT molecular complexity index is 576. The van der Waals surface area contributed by atoms with Gasteiger partial charge in [-0.1, -0.05) is 38.4 Å². The first-order valence-corrected chi connectivity index (χ1v) is 7.40. The summed E-state index contributed by atoms with van der Waals surface area (Å²) in [6.07, 6.45) is 5.59. The van der Waals surface area contributed by atoms with Gasteiger partial charge < -0.3 is 15.0 Å². The third kappa shape index (κ3) is 4.48. The summed E-state index contributed by atoms with van der Waals surface area (Å²) >= 11 is 5.94. The minimum Gasteiger partial charge on any atom is -0.506 e. The zero-order valence-corrected chi connectivity index (χ0v) is 13.4. The average molecular weight is 308 g/mol. The lowest BCUT2D eigenvalue weighted by atomic mass is 9.86. The van der Waals surface area contributed by atoms with Gasteiger partial charge in [0.2, 0.25) is 0 Å². The SMILES string of the molecule is CC(C)(C)C(Cn1ccnc1)NCc1ccc(O)c(Cl)c1. The normalized spacial score (nSPS) is 13.3. The van der Waals surface area contributed by atoms with Crippen LogP contribution in [0.5, 0.6) is 5.75 Å². The molecule has 0 saturated carbocycles. The van der Waals surface area contributed by atoms with Crippen LogP contribution in [0, 0.1) is 5.41 Å². The maximum absolute atomic E-state index is 9.46. The molecule has 0 aliphatic carbocycles. The topological polar surface area (TPSA) is 50.1 Å². The number of hydrogen-bond acceptors (Lipinski definition) is 3. The van der Waals surface area contributed by atoms with E-state index >= 15 is 0 Å². The highest BCUT2D eigenvalue weighted by Crippen LogP contribution is 2.25. The van der Waals surface area contributed by atoms with Crippen molar-refractivity contribution in [2.45, 2.75) is 39.9 Å². The van der Waals surface area contributed by atoms with Crippen LogP contribution in [-0.2, 0) is 13.1 Å². The first-order chi connectivity index (χ1) is 9.86. The predicted octanol–water partition coefficient (Wildman–Crippen LogP) is 3.45. The number of phenols is 1. The van der Waals surface area contributed by atoms with E-state index in [9.17, 15) is 5.11 Å². The van der Waals surface area contributed by atoms with Gasteiger partial charge in [0.15, 0.2) is 0 Å². The Morgan fingerprint density at radius 2 is 2.14 bits per heavy atom. The van der Waals surface area contributed by atoms with Crippen molar-refractivity contribution in [3.8, 4) is 5.75 Å². The molecule has 2 rings (SSSR count). The van der Waals surface area contributed by atoms with Gasteiger partial charge in [0.25, 0.3) is 0 Å². The number of aromatic nitrogens is 2. The summed E-state index contributed by atoms with van der Waals surface area (Å²) in [4.78, 5) is 4.09. The molecular formula is C16H22ClN3O. The maximum atomic E-state index is 9.46. The minimum atomic E-state index is 0.116. The first-order valence-electron chi connectivity index (χ1n) is 7.03. The van der Waals surface area contributed by atoms with Crippen LogP contribution in [0.4, 0.5) is 0 Å². The molecule has 0 saturated heterocycles. The number of nitrogens with one attached hydrogen (secondary N) is 1. The van der Waals surface area contributed by atoms with Gasteiger partial charge in [-0.3, -0.25) is 0 Å². The Labute approximate surface area is 130 Å². The van der Waals surface area contributed by atoms with Gasteiger partial charge >= 0.3 is 0 Å². The highest BCUT2D eigenvalue weighted by molar-refractivity contribution is 6.32. The highest BCUT2D eigenvalue weighted by atomic mass is 35.5. The minimum absolute atomic E-state index is 0.116. The zero-order chi connectivity index (χ0) is 15.5. The van der Waals surface area contributed by atoms with Crippen LogP contribution >= 0.6 is 11.6 Å². The molecule has 1 aromatic carbocycles. The molecule has 0 amide bonds. The zero-order valence-electron chi connectivity index (χ0n) is 12.7. The Hall–Kier alpha value is -1.52. The molecule has 114 valence electrons. The number of benzene rings is 1. The summed E-state index contributed by atoms with van der Waals surface area (Å²) in [5, 5.41) is 13.4. The predicted molar refractivity (Wildman–Crippen MR) is 85.4 cm³/mol. The molecule has 1 unspecified atom stereocenters. The van der Waals surface area contributed by atoms with E-state index in [1.165, 1.54) is 0 Å². The monoisotopic (exact) mass is 307 g/mol. The molecular weight excluding hydrogens is 286 g/mol. The van der Waals surface area contributed by atoms with Crippen LogP contribution in [-0.4, -0.2) is 20.7 Å². The average Bonchev–Trinajstić information content (AvgIpc) is 2.90. The van der Waals surface area contributed by atoms with Crippen molar-refractivity contribution >= 4 is 11.6 Å². The van der Waals surface area contributed by atoms with Gasteiger partial charge in [0.1, 0.15) is 5.75 Å². The smallest absolute Gasteiger partial charge is 0.134 e. The maximum Gasteiger partial charge on any atom is 0.134 e. The third-order valence-electron chi connectivity index (χ3n) is 3.56. The number of halogens is 1. The molecule has 0 bridgehead atoms. The Balaban J connectivity index is 2.03. The van der Waals surface area contributed by atoms with Crippen molar-refractivity contribution in [2.75, 3.05) is 0 Å². The quantitative estimate of drug-likeness (QED) is 0.889. The van der Waals surface area contributed by atoms with Crippen LogP contribution in [0.1, 0.15) is 26.3 Å². The third-order valence-corrected chi connectivity index (χ3v) is 3.87. The summed E-state index contributed by atoms with van der Waals surface area (Å²) in [5.74, 6) is 0.117. The van der Waals surface area contributed by atoms with Gasteiger partial charge in [0, 0.05) is 31.5 Å². The summed E-state index contributed by atoms with van der Waals surface area (Å²) in [6, 6.07) is 5.59. The Morgan fingerprint density at radius 3 is 2.71 bits per heavy atom. The molecule has 1 atom stereocenters. The van der Waals surface area contributed by atoms with Crippen LogP contribution < -0.4 is 5.32 Å². The van der Waals surface area contributed by atoms with Gasteiger partial charge in [0.05, 0.1) is 11.3 Å². The first kappa shape index (κ1) is 15.9. The molecule has 0 aliphatic heterocycles. The van der Waals surface area contributed by atoms with Crippen LogP contribution in [0.25, 0.3) is 0 Å². The second-order valence-corrected chi connectivity index (χ2v) is 6.75. The van der Waals surface area contributed by atoms with E-state index in [0.29, 0.717) is 17.6 Å². The number of imidazole rings is 1. The van der Waals surface area contributed by atoms with E-state index in [0.717, 1.165) is 12.1 Å². The molecule has 4 nitrogen and oxygen atoms in total. The molecule has 2 aromatic rings. The molecule has 21 heavy (non-hydrogen) atoms. The largest absolute Gasteiger partial charge is 0.506 e. The van der Waals surface area contributed by atoms with E-state index in [1.54, 1.807) is 18.3 Å². The number of nitrogens with zero attached hydrogens (tertiary/aromatic N) is 2. The van der Waals surface area contributed by atoms with Crippen molar-refractivity contribution in [1.82, 2.24) is 14.9 Å². The molecule has 0 fully saturated rings. The van der Waals surface area contributed by atoms with E-state index in [-0.39, 0.29) is 11.2 Å². The van der Waals surface area contributed by atoms with Gasteiger partial charge in [-0.25, -0.2) is 4.98 Å². The highest BCUT2D eigenvalue weighted by Gasteiger charge is 2.24. The Kier molecular flexibility index (Phi) is 4.91. The number of phenolic OH excluding ortho intramolecular Hbond substituents is 1. The molecule has 1 aromatic heterocycles. The standard InChI is InChI=1S/C16H22ClN3O/c1-16(2,3)15(10-20-7-6-18-11-20)19-9-12-4-5-14(21)13(17)8-12/h4-8,11,15,19,21H,9-10H2,1-3H3. The van der Waals surface area contributed by atoms with Gasteiger partial charge in [-0.2, -0.15) is 0 Å². The van der Waals surface area contributed by atoms with Crippen LogP contribution in [0.15, 0.2) is 36.9 Å². The van der Waals surface area contributed by atoms with Crippen molar-refractivity contribution in [3.05, 3.63) is 47.5 Å². The fourth-order valence-corrected chi connectivity index (χ4v) is 2.35. The summed E-state index contributed by atoms with van der Waals surface area (Å²) in [6.45, 7) is 8.20. The molecule has 5 heteroatoms. The van der Waals surface area contributed by atoms with E-state index < -0.39 is 0 Å². The number of hydrogen-bond donors (Lipinski definition) is 2. The lowest BCUT2D eigenvalue weighted by Crippen LogP contribution is -2.42. The second-order valence-electron chi connectivity index (χ2n) is 6.34.